The van der Waals surface area contributed by atoms with E-state index in [-0.39, 0.29) is 6.10 Å². The number of amidine groups is 1. The Morgan fingerprint density at radius 2 is 2.09 bits per heavy atom. The van der Waals surface area contributed by atoms with E-state index in [1.165, 1.54) is 36.8 Å². The van der Waals surface area contributed by atoms with Crippen LogP contribution < -0.4 is 4.74 Å². The monoisotopic (exact) mass is 347 g/mol. The summed E-state index contributed by atoms with van der Waals surface area (Å²) in [6, 6.07) is 6.67. The van der Waals surface area contributed by atoms with Crippen LogP contribution in [-0.2, 0) is 0 Å². The van der Waals surface area contributed by atoms with Gasteiger partial charge in [-0.25, -0.2) is 4.98 Å². The summed E-state index contributed by atoms with van der Waals surface area (Å²) in [5.74, 6) is 0.905. The number of fused-ring (bicyclic) bond motifs is 1. The van der Waals surface area contributed by atoms with Crippen molar-refractivity contribution >= 4 is 36.4 Å². The van der Waals surface area contributed by atoms with Crippen molar-refractivity contribution in [2.45, 2.75) is 44.2 Å². The molecule has 0 bridgehead atoms. The van der Waals surface area contributed by atoms with Crippen LogP contribution in [0.4, 0.5) is 0 Å². The summed E-state index contributed by atoms with van der Waals surface area (Å²) in [7, 11) is 2.81. The van der Waals surface area contributed by atoms with E-state index in [9.17, 15) is 0 Å². The van der Waals surface area contributed by atoms with Gasteiger partial charge in [-0.1, -0.05) is 34.6 Å². The minimum Gasteiger partial charge on any atom is -0.484 e. The highest BCUT2D eigenvalue weighted by Crippen LogP contribution is 2.29. The fourth-order valence-electron chi connectivity index (χ4n) is 3.31. The van der Waals surface area contributed by atoms with E-state index in [2.05, 4.69) is 25.2 Å². The van der Waals surface area contributed by atoms with Crippen molar-refractivity contribution < 1.29 is 4.74 Å². The van der Waals surface area contributed by atoms with Crippen LogP contribution in [0.5, 0.6) is 5.75 Å². The van der Waals surface area contributed by atoms with Crippen molar-refractivity contribution in [1.82, 2.24) is 9.88 Å². The summed E-state index contributed by atoms with van der Waals surface area (Å²) in [6.07, 6.45) is 6.76. The van der Waals surface area contributed by atoms with Gasteiger partial charge in [0.2, 0.25) is 0 Å². The molecule has 0 amide bonds. The molecule has 1 saturated carbocycles. The highest BCUT2D eigenvalue weighted by molar-refractivity contribution is 7.40. The summed E-state index contributed by atoms with van der Waals surface area (Å²) >= 11 is 1.66. The molecule has 122 valence electrons. The summed E-state index contributed by atoms with van der Waals surface area (Å²) in [4.78, 5) is 11.6. The zero-order valence-electron chi connectivity index (χ0n) is 13.1. The van der Waals surface area contributed by atoms with Crippen LogP contribution in [0.1, 0.15) is 32.1 Å². The Morgan fingerprint density at radius 1 is 1.26 bits per heavy atom. The highest BCUT2D eigenvalue weighted by Gasteiger charge is 2.30. The number of likely N-dealkylation sites (tertiary alicyclic amines) is 1. The van der Waals surface area contributed by atoms with Crippen LogP contribution in [0.25, 0.3) is 10.2 Å². The van der Waals surface area contributed by atoms with Crippen molar-refractivity contribution in [3.63, 3.8) is 0 Å². The molecule has 23 heavy (non-hydrogen) atoms. The molecule has 0 N–H and O–H groups in total. The van der Waals surface area contributed by atoms with E-state index in [4.69, 9.17) is 9.73 Å². The van der Waals surface area contributed by atoms with Gasteiger partial charge in [-0.15, -0.1) is 11.3 Å². The lowest BCUT2D eigenvalue weighted by Crippen LogP contribution is -2.55. The average Bonchev–Trinajstić information content (AvgIpc) is 3.00. The SMILES string of the molecule is PC(=NC1CCCCC1)N1CC(Oc2cccc3scnc23)C1. The minimum absolute atomic E-state index is 0.236. The van der Waals surface area contributed by atoms with Gasteiger partial charge >= 0.3 is 0 Å². The molecule has 4 nitrogen and oxygen atoms in total. The van der Waals surface area contributed by atoms with E-state index in [1.54, 1.807) is 11.3 Å². The Balaban J connectivity index is 1.34. The van der Waals surface area contributed by atoms with Gasteiger partial charge in [-0.3, -0.25) is 4.99 Å². The van der Waals surface area contributed by atoms with Crippen LogP contribution in [0.3, 0.4) is 0 Å². The molecule has 1 saturated heterocycles. The van der Waals surface area contributed by atoms with Crippen molar-refractivity contribution in [2.24, 2.45) is 4.99 Å². The smallest absolute Gasteiger partial charge is 0.147 e. The van der Waals surface area contributed by atoms with E-state index >= 15 is 0 Å². The molecule has 0 radical (unpaired) electrons. The normalized spacial score (nSPS) is 20.7. The zero-order chi connectivity index (χ0) is 15.6. The largest absolute Gasteiger partial charge is 0.484 e. The fourth-order valence-corrected chi connectivity index (χ4v) is 4.43. The number of hydrogen-bond donors (Lipinski definition) is 0. The van der Waals surface area contributed by atoms with Crippen LogP contribution in [0.2, 0.25) is 0 Å². The van der Waals surface area contributed by atoms with Gasteiger partial charge in [-0.05, 0) is 25.0 Å². The highest BCUT2D eigenvalue weighted by atomic mass is 32.1. The molecule has 1 aromatic carbocycles. The molecule has 1 aliphatic heterocycles. The second-order valence-electron chi connectivity index (χ2n) is 6.38. The molecule has 4 rings (SSSR count). The first-order chi connectivity index (χ1) is 11.3. The lowest BCUT2D eigenvalue weighted by atomic mass is 9.96. The number of aromatic nitrogens is 1. The number of ether oxygens (including phenoxy) is 1. The fraction of sp³-hybridized carbons (Fsp3) is 0.529. The molecule has 1 atom stereocenters. The molecule has 1 aliphatic carbocycles. The van der Waals surface area contributed by atoms with Crippen LogP contribution >= 0.6 is 20.6 Å². The maximum Gasteiger partial charge on any atom is 0.147 e. The third-order valence-electron chi connectivity index (χ3n) is 4.68. The Morgan fingerprint density at radius 3 is 2.91 bits per heavy atom. The van der Waals surface area contributed by atoms with Gasteiger partial charge in [0.15, 0.2) is 0 Å². The van der Waals surface area contributed by atoms with Gasteiger partial charge in [0.1, 0.15) is 22.9 Å². The summed E-state index contributed by atoms with van der Waals surface area (Å²) in [5.41, 5.74) is 3.96. The molecule has 1 aromatic heterocycles. The van der Waals surface area contributed by atoms with Gasteiger partial charge < -0.3 is 9.64 Å². The molecule has 2 heterocycles. The number of para-hydroxylation sites is 1. The zero-order valence-corrected chi connectivity index (χ0v) is 15.1. The topological polar surface area (TPSA) is 37.7 Å². The predicted molar refractivity (Wildman–Crippen MR) is 99.6 cm³/mol. The standard InChI is InChI=1S/C17H22N3OPS/c22-17(19-12-5-2-1-3-6-12)20-9-13(10-20)21-14-7-4-8-15-16(14)18-11-23-15/h4,7-8,11-13H,1-3,5-6,9-10,22H2. The quantitative estimate of drug-likeness (QED) is 0.480. The third-order valence-corrected chi connectivity index (χ3v) is 5.99. The summed E-state index contributed by atoms with van der Waals surface area (Å²) in [5, 5.41) is 0. The van der Waals surface area contributed by atoms with E-state index < -0.39 is 0 Å². The molecule has 2 aliphatic rings. The average molecular weight is 347 g/mol. The second-order valence-corrected chi connectivity index (χ2v) is 7.78. The third kappa shape index (κ3) is 3.36. The molecule has 2 fully saturated rings. The Hall–Kier alpha value is -1.19. The molecule has 1 unspecified atom stereocenters. The Bertz CT molecular complexity index is 705. The maximum absolute atomic E-state index is 6.13. The maximum atomic E-state index is 6.13. The Kier molecular flexibility index (Phi) is 4.50. The second kappa shape index (κ2) is 6.74. The van der Waals surface area contributed by atoms with Crippen molar-refractivity contribution in [3.8, 4) is 5.75 Å². The van der Waals surface area contributed by atoms with Gasteiger partial charge in [0.05, 0.1) is 29.3 Å². The molecular weight excluding hydrogens is 325 g/mol. The van der Waals surface area contributed by atoms with E-state index in [0.29, 0.717) is 6.04 Å². The number of nitrogens with zero attached hydrogens (tertiary/aromatic N) is 3. The van der Waals surface area contributed by atoms with Gasteiger partial charge in [-0.2, -0.15) is 0 Å². The lowest BCUT2D eigenvalue weighted by Gasteiger charge is -2.40. The van der Waals surface area contributed by atoms with E-state index in [1.807, 2.05) is 17.6 Å². The van der Waals surface area contributed by atoms with Gasteiger partial charge in [0.25, 0.3) is 0 Å². The first-order valence-electron chi connectivity index (χ1n) is 8.37. The van der Waals surface area contributed by atoms with Crippen LogP contribution in [-0.4, -0.2) is 40.7 Å². The first kappa shape index (κ1) is 15.3. The summed E-state index contributed by atoms with van der Waals surface area (Å²) in [6.45, 7) is 1.82. The molecule has 6 heteroatoms. The first-order valence-corrected chi connectivity index (χ1v) is 9.82. The van der Waals surface area contributed by atoms with Crippen LogP contribution in [0.15, 0.2) is 28.7 Å². The van der Waals surface area contributed by atoms with E-state index in [0.717, 1.165) is 29.9 Å². The predicted octanol–water partition coefficient (Wildman–Crippen LogP) is 3.92. The molecular formula is C17H22N3OPS. The van der Waals surface area contributed by atoms with Crippen molar-refractivity contribution in [2.75, 3.05) is 13.1 Å². The minimum atomic E-state index is 0.236. The molecule has 0 spiro atoms. The number of thiazole rings is 1. The van der Waals surface area contributed by atoms with Crippen molar-refractivity contribution in [1.29, 1.82) is 0 Å². The molecule has 2 aromatic rings. The van der Waals surface area contributed by atoms with Crippen molar-refractivity contribution in [3.05, 3.63) is 23.7 Å². The lowest BCUT2D eigenvalue weighted by molar-refractivity contribution is 0.0706. The number of hydrogen-bond acceptors (Lipinski definition) is 4. The number of benzene rings is 1. The van der Waals surface area contributed by atoms with Crippen LogP contribution in [0, 0.1) is 0 Å². The Labute approximate surface area is 143 Å². The summed E-state index contributed by atoms with van der Waals surface area (Å²) < 4.78 is 7.32. The number of rotatable bonds is 3. The van der Waals surface area contributed by atoms with Gasteiger partial charge in [0, 0.05) is 0 Å². The number of aliphatic imine (C=N–C) groups is 1.